The Balaban J connectivity index is 1.33. The lowest BCUT2D eigenvalue weighted by Crippen LogP contribution is -2.38. The van der Waals surface area contributed by atoms with Gasteiger partial charge in [0.15, 0.2) is 5.16 Å². The van der Waals surface area contributed by atoms with Gasteiger partial charge in [-0.1, -0.05) is 23.9 Å². The van der Waals surface area contributed by atoms with Crippen molar-refractivity contribution in [3.8, 4) is 0 Å². The molecule has 4 rings (SSSR count). The molecule has 1 unspecified atom stereocenters. The SMILES string of the molecule is Cc1nc2n(c(=O)c1CCN1CCC(C(O)c3ccc(F)cc3)CC1)C[C@H](O)S2. The zero-order valence-corrected chi connectivity index (χ0v) is 17.2. The highest BCUT2D eigenvalue weighted by molar-refractivity contribution is 7.99. The van der Waals surface area contributed by atoms with Crippen LogP contribution in [-0.4, -0.2) is 49.7 Å². The summed E-state index contributed by atoms with van der Waals surface area (Å²) in [6, 6.07) is 6.07. The number of rotatable bonds is 5. The third kappa shape index (κ3) is 4.40. The fourth-order valence-electron chi connectivity index (χ4n) is 4.22. The Hall–Kier alpha value is -1.74. The van der Waals surface area contributed by atoms with Crippen molar-refractivity contribution in [2.24, 2.45) is 5.92 Å². The average Bonchev–Trinajstić information content (AvgIpc) is 3.08. The Morgan fingerprint density at radius 3 is 2.66 bits per heavy atom. The highest BCUT2D eigenvalue weighted by Gasteiger charge is 2.28. The second-order valence-electron chi connectivity index (χ2n) is 7.87. The molecule has 6 nitrogen and oxygen atoms in total. The van der Waals surface area contributed by atoms with Gasteiger partial charge in [0.25, 0.3) is 5.56 Å². The molecule has 0 spiro atoms. The van der Waals surface area contributed by atoms with Crippen molar-refractivity contribution in [3.63, 3.8) is 0 Å². The maximum atomic E-state index is 13.1. The van der Waals surface area contributed by atoms with E-state index in [2.05, 4.69) is 9.88 Å². The monoisotopic (exact) mass is 419 g/mol. The van der Waals surface area contributed by atoms with E-state index in [1.54, 1.807) is 16.7 Å². The minimum Gasteiger partial charge on any atom is -0.388 e. The van der Waals surface area contributed by atoms with Crippen LogP contribution in [0, 0.1) is 18.7 Å². The van der Waals surface area contributed by atoms with Gasteiger partial charge < -0.3 is 15.1 Å². The Morgan fingerprint density at radius 1 is 1.28 bits per heavy atom. The van der Waals surface area contributed by atoms with Gasteiger partial charge in [-0.05, 0) is 62.9 Å². The number of aryl methyl sites for hydroxylation is 1. The largest absolute Gasteiger partial charge is 0.388 e. The van der Waals surface area contributed by atoms with Crippen LogP contribution >= 0.6 is 11.8 Å². The lowest BCUT2D eigenvalue weighted by atomic mass is 9.87. The summed E-state index contributed by atoms with van der Waals surface area (Å²) in [4.78, 5) is 19.5. The number of likely N-dealkylation sites (tertiary alicyclic amines) is 1. The number of nitrogens with zero attached hydrogens (tertiary/aromatic N) is 3. The summed E-state index contributed by atoms with van der Waals surface area (Å²) < 4.78 is 14.7. The predicted molar refractivity (Wildman–Crippen MR) is 109 cm³/mol. The number of aliphatic hydroxyl groups is 2. The first-order valence-corrected chi connectivity index (χ1v) is 10.9. The van der Waals surface area contributed by atoms with Gasteiger partial charge in [0.05, 0.1) is 12.6 Å². The van der Waals surface area contributed by atoms with Crippen molar-refractivity contribution < 1.29 is 14.6 Å². The van der Waals surface area contributed by atoms with E-state index < -0.39 is 11.5 Å². The Bertz CT molecular complexity index is 926. The summed E-state index contributed by atoms with van der Waals surface area (Å²) in [6.45, 7) is 4.64. The van der Waals surface area contributed by atoms with E-state index in [0.717, 1.165) is 49.3 Å². The number of aromatic nitrogens is 2. The Labute approximate surface area is 173 Å². The zero-order chi connectivity index (χ0) is 20.5. The molecule has 29 heavy (non-hydrogen) atoms. The van der Waals surface area contributed by atoms with Gasteiger partial charge in [0.2, 0.25) is 0 Å². The normalized spacial score (nSPS) is 21.3. The van der Waals surface area contributed by atoms with E-state index >= 15 is 0 Å². The van der Waals surface area contributed by atoms with Crippen LogP contribution in [0.3, 0.4) is 0 Å². The summed E-state index contributed by atoms with van der Waals surface area (Å²) in [5, 5.41) is 21.0. The van der Waals surface area contributed by atoms with Crippen molar-refractivity contribution in [1.82, 2.24) is 14.5 Å². The topological polar surface area (TPSA) is 78.6 Å². The maximum Gasteiger partial charge on any atom is 0.257 e. The first-order valence-electron chi connectivity index (χ1n) is 10.0. The van der Waals surface area contributed by atoms with Crippen molar-refractivity contribution in [2.75, 3.05) is 19.6 Å². The van der Waals surface area contributed by atoms with Crippen LogP contribution in [0.4, 0.5) is 4.39 Å². The van der Waals surface area contributed by atoms with Crippen LogP contribution in [0.25, 0.3) is 0 Å². The molecule has 1 aromatic heterocycles. The molecule has 3 heterocycles. The number of hydrogen-bond donors (Lipinski definition) is 2. The molecule has 0 radical (unpaired) electrons. The van der Waals surface area contributed by atoms with Crippen LogP contribution in [0.2, 0.25) is 0 Å². The van der Waals surface area contributed by atoms with E-state index in [9.17, 15) is 19.4 Å². The lowest BCUT2D eigenvalue weighted by Gasteiger charge is -2.34. The van der Waals surface area contributed by atoms with Gasteiger partial charge in [-0.15, -0.1) is 0 Å². The highest BCUT2D eigenvalue weighted by Crippen LogP contribution is 2.31. The lowest BCUT2D eigenvalue weighted by molar-refractivity contribution is 0.0591. The molecule has 156 valence electrons. The number of aliphatic hydroxyl groups excluding tert-OH is 2. The molecule has 0 saturated carbocycles. The number of fused-ring (bicyclic) bond motifs is 1. The number of halogens is 1. The van der Waals surface area contributed by atoms with Crippen molar-refractivity contribution in [1.29, 1.82) is 0 Å². The first-order chi connectivity index (χ1) is 13.9. The Kier molecular flexibility index (Phi) is 6.06. The Morgan fingerprint density at radius 2 is 1.97 bits per heavy atom. The molecule has 2 N–H and O–H groups in total. The van der Waals surface area contributed by atoms with Gasteiger partial charge in [-0.2, -0.15) is 0 Å². The molecule has 2 atom stereocenters. The number of thioether (sulfide) groups is 1. The zero-order valence-electron chi connectivity index (χ0n) is 16.4. The molecule has 2 aliphatic heterocycles. The van der Waals surface area contributed by atoms with Gasteiger partial charge in [-0.3, -0.25) is 9.36 Å². The van der Waals surface area contributed by atoms with E-state index in [4.69, 9.17) is 0 Å². The minimum absolute atomic E-state index is 0.0434. The number of hydrogen-bond acceptors (Lipinski definition) is 6. The van der Waals surface area contributed by atoms with E-state index in [1.807, 2.05) is 6.92 Å². The second-order valence-corrected chi connectivity index (χ2v) is 9.02. The molecular formula is C21H26FN3O3S. The first kappa shape index (κ1) is 20.5. The summed E-state index contributed by atoms with van der Waals surface area (Å²) in [6.07, 6.45) is 1.78. The van der Waals surface area contributed by atoms with Crippen LogP contribution in [0.15, 0.2) is 34.2 Å². The standard InChI is InChI=1S/C21H26FN3O3S/c1-13-17(20(28)25-12-18(26)29-21(25)23-13)8-11-24-9-6-15(7-10-24)19(27)14-2-4-16(22)5-3-14/h2-5,15,18-19,26-27H,6-12H2,1H3/t18-,19?/m1/s1. The van der Waals surface area contributed by atoms with E-state index in [-0.39, 0.29) is 17.3 Å². The van der Waals surface area contributed by atoms with E-state index in [0.29, 0.717) is 18.1 Å². The fourth-order valence-corrected chi connectivity index (χ4v) is 5.17. The van der Waals surface area contributed by atoms with Crippen LogP contribution in [0.5, 0.6) is 0 Å². The fraction of sp³-hybridized carbons (Fsp3) is 0.524. The quantitative estimate of drug-likeness (QED) is 0.723. The molecular weight excluding hydrogens is 393 g/mol. The molecule has 1 saturated heterocycles. The van der Waals surface area contributed by atoms with Crippen molar-refractivity contribution in [2.45, 2.75) is 49.4 Å². The third-order valence-corrected chi connectivity index (χ3v) is 6.93. The summed E-state index contributed by atoms with van der Waals surface area (Å²) >= 11 is 1.23. The van der Waals surface area contributed by atoms with Crippen LogP contribution in [0.1, 0.15) is 35.8 Å². The molecule has 8 heteroatoms. The molecule has 2 aromatic rings. The maximum absolute atomic E-state index is 13.1. The van der Waals surface area contributed by atoms with Gasteiger partial charge in [0, 0.05) is 17.8 Å². The predicted octanol–water partition coefficient (Wildman–Crippen LogP) is 2.10. The molecule has 1 aromatic carbocycles. The van der Waals surface area contributed by atoms with E-state index in [1.165, 1.54) is 23.9 Å². The molecule has 2 aliphatic rings. The van der Waals surface area contributed by atoms with Crippen molar-refractivity contribution >= 4 is 11.8 Å². The van der Waals surface area contributed by atoms with Crippen LogP contribution in [-0.2, 0) is 13.0 Å². The summed E-state index contributed by atoms with van der Waals surface area (Å²) in [5.74, 6) is -0.139. The molecule has 0 aliphatic carbocycles. The molecule has 0 amide bonds. The van der Waals surface area contributed by atoms with Gasteiger partial charge >= 0.3 is 0 Å². The average molecular weight is 420 g/mol. The number of piperidine rings is 1. The van der Waals surface area contributed by atoms with Crippen molar-refractivity contribution in [3.05, 3.63) is 57.3 Å². The minimum atomic E-state index is -0.601. The smallest absolute Gasteiger partial charge is 0.257 e. The summed E-state index contributed by atoms with van der Waals surface area (Å²) in [5.41, 5.74) is 1.58. The number of benzene rings is 1. The summed E-state index contributed by atoms with van der Waals surface area (Å²) in [7, 11) is 0. The third-order valence-electron chi connectivity index (χ3n) is 5.98. The molecule has 0 bridgehead atoms. The van der Waals surface area contributed by atoms with Crippen LogP contribution < -0.4 is 5.56 Å². The second kappa shape index (κ2) is 8.55. The highest BCUT2D eigenvalue weighted by atomic mass is 32.2. The molecule has 1 fully saturated rings. The van der Waals surface area contributed by atoms with Gasteiger partial charge in [-0.25, -0.2) is 9.37 Å². The van der Waals surface area contributed by atoms with Gasteiger partial charge in [0.1, 0.15) is 11.3 Å².